The molecule has 2 aromatic heterocycles. The molecule has 0 aliphatic carbocycles. The molecule has 1 aliphatic heterocycles. The Hall–Kier alpha value is -3.81. The third-order valence-corrected chi connectivity index (χ3v) is 5.53. The van der Waals surface area contributed by atoms with Crippen LogP contribution in [0.3, 0.4) is 0 Å². The van der Waals surface area contributed by atoms with Crippen molar-refractivity contribution in [2.24, 2.45) is 0 Å². The van der Waals surface area contributed by atoms with Crippen LogP contribution in [0.25, 0.3) is 10.9 Å². The second-order valence-corrected chi connectivity index (χ2v) is 7.76. The highest BCUT2D eigenvalue weighted by Crippen LogP contribution is 2.31. The van der Waals surface area contributed by atoms with E-state index in [9.17, 15) is 4.79 Å². The largest absolute Gasteiger partial charge is 0.486 e. The number of amides is 1. The highest BCUT2D eigenvalue weighted by molar-refractivity contribution is 5.92. The van der Waals surface area contributed by atoms with E-state index in [1.165, 1.54) is 5.39 Å². The molecule has 4 aromatic rings. The number of benzene rings is 2. The van der Waals surface area contributed by atoms with Crippen molar-refractivity contribution in [1.29, 1.82) is 0 Å². The number of hydrogen-bond acceptors (Lipinski definition) is 5. The van der Waals surface area contributed by atoms with Gasteiger partial charge in [0, 0.05) is 23.6 Å². The molecule has 1 N–H and O–H groups in total. The number of rotatable bonds is 5. The van der Waals surface area contributed by atoms with E-state index >= 15 is 0 Å². The van der Waals surface area contributed by atoms with E-state index < -0.39 is 0 Å². The minimum atomic E-state index is -0.203. The van der Waals surface area contributed by atoms with E-state index in [1.54, 1.807) is 22.8 Å². The van der Waals surface area contributed by atoms with Gasteiger partial charge in [-0.2, -0.15) is 0 Å². The molecule has 0 saturated carbocycles. The van der Waals surface area contributed by atoms with E-state index in [-0.39, 0.29) is 12.0 Å². The van der Waals surface area contributed by atoms with Crippen LogP contribution in [-0.4, -0.2) is 50.5 Å². The molecule has 5 rings (SSSR count). The highest BCUT2D eigenvalue weighted by atomic mass is 16.6. The molecule has 1 amide bonds. The summed E-state index contributed by atoms with van der Waals surface area (Å²) in [6.45, 7) is 3.38. The number of aromatic amines is 1. The number of para-hydroxylation sites is 3. The fourth-order valence-corrected chi connectivity index (χ4v) is 3.85. The zero-order chi connectivity index (χ0) is 21.4. The van der Waals surface area contributed by atoms with Crippen LogP contribution < -0.4 is 9.47 Å². The van der Waals surface area contributed by atoms with Gasteiger partial charge in [-0.1, -0.05) is 35.5 Å². The molecular formula is C23H23N5O3. The molecule has 0 fully saturated rings. The summed E-state index contributed by atoms with van der Waals surface area (Å²) in [5.74, 6) is 1.26. The van der Waals surface area contributed by atoms with Crippen molar-refractivity contribution >= 4 is 16.8 Å². The third kappa shape index (κ3) is 3.72. The topological polar surface area (TPSA) is 85.3 Å². The Morgan fingerprint density at radius 2 is 1.97 bits per heavy atom. The van der Waals surface area contributed by atoms with Gasteiger partial charge in [0.2, 0.25) is 0 Å². The number of nitrogens with one attached hydrogen (secondary N) is 1. The molecule has 0 radical (unpaired) electrons. The smallest absolute Gasteiger partial charge is 0.276 e. The molecule has 2 aromatic carbocycles. The lowest BCUT2D eigenvalue weighted by Gasteiger charge is -2.26. The fraction of sp³-hybridized carbons (Fsp3) is 0.261. The summed E-state index contributed by atoms with van der Waals surface area (Å²) in [7, 11) is 1.77. The number of aromatic nitrogens is 4. The number of aryl methyl sites for hydroxylation is 1. The summed E-state index contributed by atoms with van der Waals surface area (Å²) in [5.41, 5.74) is 3.52. The lowest BCUT2D eigenvalue weighted by Crippen LogP contribution is -2.33. The molecular weight excluding hydrogens is 394 g/mol. The number of hydrogen-bond donors (Lipinski definition) is 1. The van der Waals surface area contributed by atoms with Crippen molar-refractivity contribution in [3.63, 3.8) is 0 Å². The normalized spacial score (nSPS) is 15.2. The standard InChI is InChI=1S/C23H23N5O3/c1-15-17-7-3-4-8-18(17)24-19(15)12-27(2)23(29)20-13-28(26-25-20)11-16-14-30-21-9-5-6-10-22(21)31-16/h3-10,13,16,24H,11-12,14H2,1-2H3. The Morgan fingerprint density at radius 1 is 1.19 bits per heavy atom. The van der Waals surface area contributed by atoms with Crippen molar-refractivity contribution in [2.75, 3.05) is 13.7 Å². The van der Waals surface area contributed by atoms with Gasteiger partial charge in [-0.3, -0.25) is 4.79 Å². The summed E-state index contributed by atoms with van der Waals surface area (Å²) >= 11 is 0. The Bertz CT molecular complexity index is 1240. The van der Waals surface area contributed by atoms with Gasteiger partial charge in [0.05, 0.1) is 19.3 Å². The van der Waals surface area contributed by atoms with E-state index in [4.69, 9.17) is 9.47 Å². The molecule has 8 nitrogen and oxygen atoms in total. The van der Waals surface area contributed by atoms with Crippen LogP contribution in [0, 0.1) is 6.92 Å². The average Bonchev–Trinajstić information content (AvgIpc) is 3.38. The van der Waals surface area contributed by atoms with E-state index in [0.717, 1.165) is 22.5 Å². The first kappa shape index (κ1) is 19.2. The maximum absolute atomic E-state index is 12.9. The first-order valence-corrected chi connectivity index (χ1v) is 10.2. The van der Waals surface area contributed by atoms with E-state index in [2.05, 4.69) is 28.3 Å². The van der Waals surface area contributed by atoms with Gasteiger partial charge in [0.25, 0.3) is 5.91 Å². The minimum absolute atomic E-state index is 0.185. The SMILES string of the molecule is Cc1c(CN(C)C(=O)c2cn(CC3COc4ccccc4O3)nn2)[nH]c2ccccc12. The van der Waals surface area contributed by atoms with Crippen molar-refractivity contribution < 1.29 is 14.3 Å². The van der Waals surface area contributed by atoms with Crippen LogP contribution in [0.15, 0.2) is 54.7 Å². The van der Waals surface area contributed by atoms with Crippen molar-refractivity contribution in [3.05, 3.63) is 71.7 Å². The molecule has 31 heavy (non-hydrogen) atoms. The van der Waals surface area contributed by atoms with Crippen LogP contribution in [0.5, 0.6) is 11.5 Å². The molecule has 8 heteroatoms. The maximum atomic E-state index is 12.9. The predicted octanol–water partition coefficient (Wildman–Crippen LogP) is 3.18. The molecule has 1 unspecified atom stereocenters. The van der Waals surface area contributed by atoms with Gasteiger partial charge in [-0.25, -0.2) is 4.68 Å². The second-order valence-electron chi connectivity index (χ2n) is 7.76. The second kappa shape index (κ2) is 7.79. The van der Waals surface area contributed by atoms with E-state index in [0.29, 0.717) is 31.1 Å². The highest BCUT2D eigenvalue weighted by Gasteiger charge is 2.23. The van der Waals surface area contributed by atoms with Crippen LogP contribution in [0.2, 0.25) is 0 Å². The van der Waals surface area contributed by atoms with Crippen LogP contribution in [-0.2, 0) is 13.1 Å². The number of carbonyl (C=O) groups excluding carboxylic acids is 1. The Kier molecular flexibility index (Phi) is 4.82. The summed E-state index contributed by atoms with van der Waals surface area (Å²) in [4.78, 5) is 17.9. The predicted molar refractivity (Wildman–Crippen MR) is 115 cm³/mol. The molecule has 1 atom stereocenters. The summed E-state index contributed by atoms with van der Waals surface area (Å²) < 4.78 is 13.3. The number of nitrogens with zero attached hydrogens (tertiary/aromatic N) is 4. The van der Waals surface area contributed by atoms with Crippen molar-refractivity contribution in [1.82, 2.24) is 24.9 Å². The lowest BCUT2D eigenvalue weighted by atomic mass is 10.1. The fourth-order valence-electron chi connectivity index (χ4n) is 3.85. The van der Waals surface area contributed by atoms with Gasteiger partial charge in [-0.15, -0.1) is 5.10 Å². The summed E-state index contributed by atoms with van der Waals surface area (Å²) in [5, 5.41) is 9.34. The van der Waals surface area contributed by atoms with Gasteiger partial charge in [0.15, 0.2) is 23.3 Å². The molecule has 1 aliphatic rings. The summed E-state index contributed by atoms with van der Waals surface area (Å²) in [6, 6.07) is 15.7. The van der Waals surface area contributed by atoms with E-state index in [1.807, 2.05) is 42.5 Å². The Balaban J connectivity index is 1.25. The van der Waals surface area contributed by atoms with Crippen LogP contribution >= 0.6 is 0 Å². The molecule has 0 saturated heterocycles. The Morgan fingerprint density at radius 3 is 2.81 bits per heavy atom. The third-order valence-electron chi connectivity index (χ3n) is 5.53. The number of fused-ring (bicyclic) bond motifs is 2. The first-order valence-electron chi connectivity index (χ1n) is 10.2. The quantitative estimate of drug-likeness (QED) is 0.539. The summed E-state index contributed by atoms with van der Waals surface area (Å²) in [6.07, 6.45) is 1.45. The van der Waals surface area contributed by atoms with Gasteiger partial charge < -0.3 is 19.4 Å². The van der Waals surface area contributed by atoms with Gasteiger partial charge in [-0.05, 0) is 30.7 Å². The van der Waals surface area contributed by atoms with Crippen molar-refractivity contribution in [3.8, 4) is 11.5 Å². The van der Waals surface area contributed by atoms with Crippen LogP contribution in [0.4, 0.5) is 0 Å². The number of carbonyl (C=O) groups is 1. The number of ether oxygens (including phenoxy) is 2. The first-order chi connectivity index (χ1) is 15.1. The van der Waals surface area contributed by atoms with Gasteiger partial charge >= 0.3 is 0 Å². The zero-order valence-electron chi connectivity index (χ0n) is 17.4. The molecule has 0 spiro atoms. The zero-order valence-corrected chi connectivity index (χ0v) is 17.4. The van der Waals surface area contributed by atoms with Gasteiger partial charge in [0.1, 0.15) is 6.61 Å². The maximum Gasteiger partial charge on any atom is 0.276 e. The van der Waals surface area contributed by atoms with Crippen LogP contribution in [0.1, 0.15) is 21.7 Å². The Labute approximate surface area is 179 Å². The number of H-pyrrole nitrogens is 1. The lowest BCUT2D eigenvalue weighted by molar-refractivity contribution is 0.0752. The average molecular weight is 417 g/mol. The minimum Gasteiger partial charge on any atom is -0.486 e. The monoisotopic (exact) mass is 417 g/mol. The molecule has 158 valence electrons. The van der Waals surface area contributed by atoms with Crippen molar-refractivity contribution in [2.45, 2.75) is 26.1 Å². The molecule has 3 heterocycles. The molecule has 0 bridgehead atoms.